The number of nitrogens with one attached hydrogen (secondary N) is 1. The maximum Gasteiger partial charge on any atom is 0.146 e. The average Bonchev–Trinajstić information content (AvgIpc) is 2.57. The van der Waals surface area contributed by atoms with Gasteiger partial charge >= 0.3 is 0 Å². The number of piperidine rings is 1. The maximum absolute atomic E-state index is 13.7. The molecule has 0 radical (unpaired) electrons. The molecule has 2 aromatic rings. The van der Waals surface area contributed by atoms with E-state index in [1.807, 2.05) is 12.1 Å². The molecule has 0 spiro atoms. The minimum Gasteiger partial charge on any atom is -0.380 e. The number of para-hydroxylation sites is 1. The zero-order valence-electron chi connectivity index (χ0n) is 12.8. The number of likely N-dealkylation sites (tertiary alicyclic amines) is 1. The highest BCUT2D eigenvalue weighted by Gasteiger charge is 2.19. The Bertz CT molecular complexity index is 577. The normalized spacial score (nSPS) is 16.6. The summed E-state index contributed by atoms with van der Waals surface area (Å²) in [5.41, 5.74) is 2.03. The first kappa shape index (κ1) is 15.0. The maximum atomic E-state index is 13.7. The molecule has 1 fully saturated rings. The second-order valence-electron chi connectivity index (χ2n) is 5.98. The van der Waals surface area contributed by atoms with Gasteiger partial charge in [-0.25, -0.2) is 4.39 Å². The largest absolute Gasteiger partial charge is 0.380 e. The van der Waals surface area contributed by atoms with Gasteiger partial charge in [0.2, 0.25) is 0 Å². The molecular formula is C19H23FN2. The summed E-state index contributed by atoms with van der Waals surface area (Å²) in [6.07, 6.45) is 3.25. The predicted molar refractivity (Wildman–Crippen MR) is 89.6 cm³/mol. The Hall–Kier alpha value is -1.87. The van der Waals surface area contributed by atoms with Crippen molar-refractivity contribution in [2.45, 2.75) is 25.3 Å². The molecule has 116 valence electrons. The fourth-order valence-corrected chi connectivity index (χ4v) is 3.03. The molecule has 2 aromatic carbocycles. The van der Waals surface area contributed by atoms with E-state index >= 15 is 0 Å². The molecule has 1 N–H and O–H groups in total. The SMILES string of the molecule is Fc1ccccc1NC1CCN(CCc2ccccc2)CC1. The van der Waals surface area contributed by atoms with E-state index < -0.39 is 0 Å². The van der Waals surface area contributed by atoms with Gasteiger partial charge in [-0.3, -0.25) is 0 Å². The number of hydrogen-bond acceptors (Lipinski definition) is 2. The second-order valence-corrected chi connectivity index (χ2v) is 5.98. The van der Waals surface area contributed by atoms with E-state index in [-0.39, 0.29) is 5.82 Å². The molecule has 0 unspecified atom stereocenters. The van der Waals surface area contributed by atoms with Crippen LogP contribution in [0.15, 0.2) is 54.6 Å². The van der Waals surface area contributed by atoms with Crippen molar-refractivity contribution >= 4 is 5.69 Å². The lowest BCUT2D eigenvalue weighted by atomic mass is 10.0. The van der Waals surface area contributed by atoms with E-state index in [9.17, 15) is 4.39 Å². The number of anilines is 1. The monoisotopic (exact) mass is 298 g/mol. The van der Waals surface area contributed by atoms with Crippen molar-refractivity contribution in [1.29, 1.82) is 0 Å². The smallest absolute Gasteiger partial charge is 0.146 e. The van der Waals surface area contributed by atoms with Crippen LogP contribution < -0.4 is 5.32 Å². The van der Waals surface area contributed by atoms with Gasteiger partial charge in [0.05, 0.1) is 5.69 Å². The third-order valence-electron chi connectivity index (χ3n) is 4.38. The van der Waals surface area contributed by atoms with Gasteiger partial charge in [-0.05, 0) is 37.0 Å². The molecule has 3 heteroatoms. The summed E-state index contributed by atoms with van der Waals surface area (Å²) in [7, 11) is 0. The summed E-state index contributed by atoms with van der Waals surface area (Å²) in [6.45, 7) is 3.27. The molecule has 22 heavy (non-hydrogen) atoms. The van der Waals surface area contributed by atoms with Crippen LogP contribution in [0.3, 0.4) is 0 Å². The summed E-state index contributed by atoms with van der Waals surface area (Å²) < 4.78 is 13.7. The van der Waals surface area contributed by atoms with Gasteiger partial charge in [-0.2, -0.15) is 0 Å². The van der Waals surface area contributed by atoms with Gasteiger partial charge in [0.15, 0.2) is 0 Å². The molecule has 1 aliphatic heterocycles. The summed E-state index contributed by atoms with van der Waals surface area (Å²) >= 11 is 0. The highest BCUT2D eigenvalue weighted by Crippen LogP contribution is 2.19. The Kier molecular flexibility index (Phi) is 5.07. The zero-order valence-corrected chi connectivity index (χ0v) is 12.8. The van der Waals surface area contributed by atoms with Crippen molar-refractivity contribution < 1.29 is 4.39 Å². The lowest BCUT2D eigenvalue weighted by Crippen LogP contribution is -2.40. The number of hydrogen-bond donors (Lipinski definition) is 1. The molecule has 0 atom stereocenters. The van der Waals surface area contributed by atoms with Crippen LogP contribution >= 0.6 is 0 Å². The Labute approximate surface area is 132 Å². The van der Waals surface area contributed by atoms with Gasteiger partial charge in [-0.1, -0.05) is 42.5 Å². The fraction of sp³-hybridized carbons (Fsp3) is 0.368. The van der Waals surface area contributed by atoms with E-state index in [1.54, 1.807) is 6.07 Å². The molecule has 1 saturated heterocycles. The van der Waals surface area contributed by atoms with Gasteiger partial charge in [0.1, 0.15) is 5.82 Å². The van der Waals surface area contributed by atoms with E-state index in [2.05, 4.69) is 40.5 Å². The van der Waals surface area contributed by atoms with Crippen LogP contribution in [0.4, 0.5) is 10.1 Å². The minimum atomic E-state index is -0.158. The first-order valence-corrected chi connectivity index (χ1v) is 8.08. The summed E-state index contributed by atoms with van der Waals surface area (Å²) in [5, 5.41) is 3.34. The van der Waals surface area contributed by atoms with Crippen LogP contribution in [0.1, 0.15) is 18.4 Å². The van der Waals surface area contributed by atoms with Crippen molar-refractivity contribution in [2.75, 3.05) is 25.0 Å². The van der Waals surface area contributed by atoms with Crippen LogP contribution in [-0.2, 0) is 6.42 Å². The highest BCUT2D eigenvalue weighted by molar-refractivity contribution is 5.45. The predicted octanol–water partition coefficient (Wildman–Crippen LogP) is 3.94. The van der Waals surface area contributed by atoms with Crippen LogP contribution in [0, 0.1) is 5.82 Å². The summed E-state index contributed by atoms with van der Waals surface area (Å²) in [4.78, 5) is 2.51. The first-order valence-electron chi connectivity index (χ1n) is 8.08. The Balaban J connectivity index is 1.44. The van der Waals surface area contributed by atoms with Crippen molar-refractivity contribution in [2.24, 2.45) is 0 Å². The molecule has 1 aliphatic rings. The van der Waals surface area contributed by atoms with Gasteiger partial charge in [0.25, 0.3) is 0 Å². The van der Waals surface area contributed by atoms with E-state index in [0.717, 1.165) is 38.9 Å². The Morgan fingerprint density at radius 1 is 0.955 bits per heavy atom. The molecule has 2 nitrogen and oxygen atoms in total. The standard InChI is InChI=1S/C19H23FN2/c20-18-8-4-5-9-19(18)21-17-11-14-22(15-12-17)13-10-16-6-2-1-3-7-16/h1-9,17,21H,10-15H2. The van der Waals surface area contributed by atoms with Crippen LogP contribution in [0.2, 0.25) is 0 Å². The topological polar surface area (TPSA) is 15.3 Å². The average molecular weight is 298 g/mol. The Morgan fingerprint density at radius 2 is 1.64 bits per heavy atom. The zero-order chi connectivity index (χ0) is 15.2. The molecule has 0 aromatic heterocycles. The van der Waals surface area contributed by atoms with Crippen molar-refractivity contribution in [1.82, 2.24) is 4.90 Å². The van der Waals surface area contributed by atoms with Gasteiger partial charge < -0.3 is 10.2 Å². The number of halogens is 1. The molecular weight excluding hydrogens is 275 g/mol. The lowest BCUT2D eigenvalue weighted by Gasteiger charge is -2.33. The van der Waals surface area contributed by atoms with E-state index in [1.165, 1.54) is 11.6 Å². The molecule has 3 rings (SSSR count). The fourth-order valence-electron chi connectivity index (χ4n) is 3.03. The number of nitrogens with zero attached hydrogens (tertiary/aromatic N) is 1. The van der Waals surface area contributed by atoms with Crippen molar-refractivity contribution in [3.8, 4) is 0 Å². The van der Waals surface area contributed by atoms with Crippen molar-refractivity contribution in [3.63, 3.8) is 0 Å². The molecule has 0 amide bonds. The number of rotatable bonds is 5. The quantitative estimate of drug-likeness (QED) is 0.899. The Morgan fingerprint density at radius 3 is 2.36 bits per heavy atom. The summed E-state index contributed by atoms with van der Waals surface area (Å²) in [5.74, 6) is -0.158. The van der Waals surface area contributed by atoms with Crippen LogP contribution in [0.5, 0.6) is 0 Å². The second kappa shape index (κ2) is 7.41. The third kappa shape index (κ3) is 4.08. The van der Waals surface area contributed by atoms with Crippen molar-refractivity contribution in [3.05, 3.63) is 66.0 Å². The highest BCUT2D eigenvalue weighted by atomic mass is 19.1. The summed E-state index contributed by atoms with van der Waals surface area (Å²) in [6, 6.07) is 17.9. The lowest BCUT2D eigenvalue weighted by molar-refractivity contribution is 0.221. The minimum absolute atomic E-state index is 0.158. The van der Waals surface area contributed by atoms with Crippen LogP contribution in [-0.4, -0.2) is 30.6 Å². The number of benzene rings is 2. The van der Waals surface area contributed by atoms with Crippen LogP contribution in [0.25, 0.3) is 0 Å². The van der Waals surface area contributed by atoms with Gasteiger partial charge in [-0.15, -0.1) is 0 Å². The van der Waals surface area contributed by atoms with Gasteiger partial charge in [0, 0.05) is 25.7 Å². The molecule has 0 aliphatic carbocycles. The van der Waals surface area contributed by atoms with E-state index in [0.29, 0.717) is 11.7 Å². The van der Waals surface area contributed by atoms with E-state index in [4.69, 9.17) is 0 Å². The first-order chi connectivity index (χ1) is 10.8. The third-order valence-corrected chi connectivity index (χ3v) is 4.38. The molecule has 0 bridgehead atoms. The molecule has 1 heterocycles. The molecule has 0 saturated carbocycles.